The summed E-state index contributed by atoms with van der Waals surface area (Å²) in [7, 11) is 0. The zero-order chi connectivity index (χ0) is 14.8. The van der Waals surface area contributed by atoms with E-state index in [2.05, 4.69) is 10.6 Å². The highest BCUT2D eigenvalue weighted by Gasteiger charge is 2.51. The fourth-order valence-electron chi connectivity index (χ4n) is 2.55. The van der Waals surface area contributed by atoms with Crippen molar-refractivity contribution in [2.75, 3.05) is 13.1 Å². The van der Waals surface area contributed by atoms with Crippen molar-refractivity contribution in [2.45, 2.75) is 37.6 Å². The predicted octanol–water partition coefficient (Wildman–Crippen LogP) is -0.558. The summed E-state index contributed by atoms with van der Waals surface area (Å²) in [5.41, 5.74) is -0.978. The minimum absolute atomic E-state index is 0.0513. The first-order valence-electron chi connectivity index (χ1n) is 6.56. The van der Waals surface area contributed by atoms with Crippen molar-refractivity contribution in [1.29, 1.82) is 0 Å². The van der Waals surface area contributed by atoms with Gasteiger partial charge < -0.3 is 15.3 Å². The van der Waals surface area contributed by atoms with Crippen LogP contribution in [0.3, 0.4) is 0 Å². The molecule has 1 unspecified atom stereocenters. The van der Waals surface area contributed by atoms with Gasteiger partial charge >= 0.3 is 12.0 Å². The molecule has 0 bridgehead atoms. The van der Waals surface area contributed by atoms with Gasteiger partial charge in [-0.3, -0.25) is 19.7 Å². The largest absolute Gasteiger partial charge is 0.481 e. The normalized spacial score (nSPS) is 24.9. The number of amides is 4. The maximum Gasteiger partial charge on any atom is 0.322 e. The van der Waals surface area contributed by atoms with Gasteiger partial charge in [0.05, 0.1) is 6.54 Å². The van der Waals surface area contributed by atoms with Crippen LogP contribution in [0.4, 0.5) is 4.79 Å². The summed E-state index contributed by atoms with van der Waals surface area (Å²) in [6, 6.07) is -0.522. The van der Waals surface area contributed by atoms with Gasteiger partial charge in [0.1, 0.15) is 5.54 Å². The Morgan fingerprint density at radius 2 is 1.95 bits per heavy atom. The van der Waals surface area contributed by atoms with E-state index < -0.39 is 17.5 Å². The summed E-state index contributed by atoms with van der Waals surface area (Å²) < 4.78 is 0. The molecule has 1 spiro atoms. The summed E-state index contributed by atoms with van der Waals surface area (Å²) in [4.78, 5) is 46.7. The number of hydrogen-bond acceptors (Lipinski definition) is 4. The van der Waals surface area contributed by atoms with Crippen molar-refractivity contribution in [1.82, 2.24) is 15.5 Å². The first-order chi connectivity index (χ1) is 9.43. The van der Waals surface area contributed by atoms with E-state index in [1.165, 1.54) is 0 Å². The molecule has 8 heteroatoms. The van der Waals surface area contributed by atoms with Gasteiger partial charge in [0.15, 0.2) is 0 Å². The molecule has 0 aliphatic carbocycles. The fourth-order valence-corrected chi connectivity index (χ4v) is 2.55. The van der Waals surface area contributed by atoms with Crippen LogP contribution in [-0.4, -0.2) is 52.4 Å². The number of hydrogen-bond donors (Lipinski definition) is 3. The zero-order valence-electron chi connectivity index (χ0n) is 11.0. The lowest BCUT2D eigenvalue weighted by Gasteiger charge is -2.21. The van der Waals surface area contributed by atoms with E-state index in [0.717, 1.165) is 0 Å². The Hall–Kier alpha value is -2.12. The summed E-state index contributed by atoms with van der Waals surface area (Å²) in [6.07, 6.45) is 1.69. The molecule has 0 aromatic rings. The number of carbonyl (C=O) groups excluding carboxylic acids is 3. The third-order valence-corrected chi connectivity index (χ3v) is 3.67. The Morgan fingerprint density at radius 3 is 2.55 bits per heavy atom. The lowest BCUT2D eigenvalue weighted by Crippen LogP contribution is -2.49. The number of aliphatic carboxylic acids is 1. The molecule has 2 heterocycles. The number of nitrogens with zero attached hydrogens (tertiary/aromatic N) is 1. The number of rotatable bonds is 5. The van der Waals surface area contributed by atoms with Gasteiger partial charge in [-0.2, -0.15) is 0 Å². The van der Waals surface area contributed by atoms with Crippen LogP contribution in [0.15, 0.2) is 0 Å². The fraction of sp³-hybridized carbons (Fsp3) is 0.667. The van der Waals surface area contributed by atoms with E-state index in [1.54, 1.807) is 4.90 Å². The van der Waals surface area contributed by atoms with Crippen molar-refractivity contribution < 1.29 is 24.3 Å². The molecule has 0 saturated carbocycles. The SMILES string of the molecule is O=C(O)CCCCC(=O)N1CCC2(C1)NC(=O)NC2=O. The van der Waals surface area contributed by atoms with Gasteiger partial charge in [-0.15, -0.1) is 0 Å². The zero-order valence-corrected chi connectivity index (χ0v) is 11.0. The molecule has 20 heavy (non-hydrogen) atoms. The number of nitrogens with one attached hydrogen (secondary N) is 2. The van der Waals surface area contributed by atoms with Crippen LogP contribution in [0.5, 0.6) is 0 Å². The standard InChI is InChI=1S/C12H17N3O5/c16-8(3-1-2-4-9(17)18)15-6-5-12(7-15)10(19)13-11(20)14-12/h1-7H2,(H,17,18)(H2,13,14,19,20). The molecule has 1 atom stereocenters. The molecular weight excluding hydrogens is 266 g/mol. The molecule has 0 aromatic carbocycles. The average molecular weight is 283 g/mol. The van der Waals surface area contributed by atoms with Crippen LogP contribution < -0.4 is 10.6 Å². The summed E-state index contributed by atoms with van der Waals surface area (Å²) >= 11 is 0. The first kappa shape index (κ1) is 14.3. The van der Waals surface area contributed by atoms with Gasteiger partial charge in [0, 0.05) is 19.4 Å². The highest BCUT2D eigenvalue weighted by Crippen LogP contribution is 2.25. The molecule has 0 radical (unpaired) electrons. The second-order valence-electron chi connectivity index (χ2n) is 5.16. The second-order valence-corrected chi connectivity index (χ2v) is 5.16. The maximum atomic E-state index is 12.0. The highest BCUT2D eigenvalue weighted by atomic mass is 16.4. The molecule has 8 nitrogen and oxygen atoms in total. The quantitative estimate of drug-likeness (QED) is 0.462. The lowest BCUT2D eigenvalue weighted by molar-refractivity contribution is -0.137. The maximum absolute atomic E-state index is 12.0. The summed E-state index contributed by atoms with van der Waals surface area (Å²) in [5, 5.41) is 13.3. The summed E-state index contributed by atoms with van der Waals surface area (Å²) in [5.74, 6) is -1.37. The Morgan fingerprint density at radius 1 is 1.25 bits per heavy atom. The molecule has 110 valence electrons. The van der Waals surface area contributed by atoms with Crippen LogP contribution >= 0.6 is 0 Å². The number of carbonyl (C=O) groups is 4. The molecule has 2 fully saturated rings. The monoisotopic (exact) mass is 283 g/mol. The number of unbranched alkanes of at least 4 members (excludes halogenated alkanes) is 1. The molecule has 2 saturated heterocycles. The third-order valence-electron chi connectivity index (χ3n) is 3.67. The molecular formula is C12H17N3O5. The van der Waals surface area contributed by atoms with Gasteiger partial charge in [0.25, 0.3) is 5.91 Å². The van der Waals surface area contributed by atoms with Gasteiger partial charge in [-0.25, -0.2) is 4.79 Å². The van der Waals surface area contributed by atoms with E-state index in [1.807, 2.05) is 0 Å². The number of urea groups is 1. The molecule has 4 amide bonds. The summed E-state index contributed by atoms with van der Waals surface area (Å²) in [6.45, 7) is 0.605. The first-order valence-corrected chi connectivity index (χ1v) is 6.56. The van der Waals surface area contributed by atoms with E-state index in [0.29, 0.717) is 25.8 Å². The Kier molecular flexibility index (Phi) is 3.91. The van der Waals surface area contributed by atoms with Crippen molar-refractivity contribution in [3.63, 3.8) is 0 Å². The average Bonchev–Trinajstić information content (AvgIpc) is 2.90. The van der Waals surface area contributed by atoms with Crippen LogP contribution in [0.2, 0.25) is 0 Å². The van der Waals surface area contributed by atoms with Crippen molar-refractivity contribution in [2.24, 2.45) is 0 Å². The van der Waals surface area contributed by atoms with Crippen molar-refractivity contribution in [3.8, 4) is 0 Å². The molecule has 2 rings (SSSR count). The van der Waals surface area contributed by atoms with Gasteiger partial charge in [-0.1, -0.05) is 0 Å². The van der Waals surface area contributed by atoms with E-state index >= 15 is 0 Å². The number of carboxylic acid groups (broad SMARTS) is 1. The topological polar surface area (TPSA) is 116 Å². The van der Waals surface area contributed by atoms with Crippen LogP contribution in [-0.2, 0) is 14.4 Å². The van der Waals surface area contributed by atoms with Gasteiger partial charge in [-0.05, 0) is 19.3 Å². The number of likely N-dealkylation sites (tertiary alicyclic amines) is 1. The minimum atomic E-state index is -0.978. The predicted molar refractivity (Wildman–Crippen MR) is 66.7 cm³/mol. The Labute approximate surface area is 115 Å². The van der Waals surface area contributed by atoms with E-state index in [4.69, 9.17) is 5.11 Å². The van der Waals surface area contributed by atoms with Crippen molar-refractivity contribution in [3.05, 3.63) is 0 Å². The highest BCUT2D eigenvalue weighted by molar-refractivity contribution is 6.07. The molecule has 3 N–H and O–H groups in total. The van der Waals surface area contributed by atoms with Crippen LogP contribution in [0.1, 0.15) is 32.1 Å². The lowest BCUT2D eigenvalue weighted by atomic mass is 9.99. The van der Waals surface area contributed by atoms with E-state index in [-0.39, 0.29) is 31.2 Å². The number of carboxylic acids is 1. The van der Waals surface area contributed by atoms with E-state index in [9.17, 15) is 19.2 Å². The van der Waals surface area contributed by atoms with Crippen LogP contribution in [0.25, 0.3) is 0 Å². The second kappa shape index (κ2) is 5.48. The molecule has 2 aliphatic rings. The Balaban J connectivity index is 1.80. The van der Waals surface area contributed by atoms with Crippen molar-refractivity contribution >= 4 is 23.8 Å². The molecule has 2 aliphatic heterocycles. The van der Waals surface area contributed by atoms with Crippen LogP contribution in [0, 0.1) is 0 Å². The number of imide groups is 1. The minimum Gasteiger partial charge on any atom is -0.481 e. The smallest absolute Gasteiger partial charge is 0.322 e. The molecule has 0 aromatic heterocycles. The Bertz CT molecular complexity index is 464. The third kappa shape index (κ3) is 2.89. The van der Waals surface area contributed by atoms with Gasteiger partial charge in [0.2, 0.25) is 5.91 Å².